The minimum absolute atomic E-state index is 0.0962. The van der Waals surface area contributed by atoms with Crippen LogP contribution in [-0.4, -0.2) is 67.6 Å². The van der Waals surface area contributed by atoms with E-state index in [0.717, 1.165) is 0 Å². The Bertz CT molecular complexity index is 564. The van der Waals surface area contributed by atoms with E-state index in [4.69, 9.17) is 4.42 Å². The Morgan fingerprint density at radius 3 is 2.48 bits per heavy atom. The van der Waals surface area contributed by atoms with Gasteiger partial charge in [0.1, 0.15) is 0 Å². The van der Waals surface area contributed by atoms with E-state index in [2.05, 4.69) is 10.3 Å². The van der Waals surface area contributed by atoms with Crippen LogP contribution in [0.15, 0.2) is 27.8 Å². The zero-order valence-corrected chi connectivity index (χ0v) is 14.2. The predicted molar refractivity (Wildman–Crippen MR) is 87.5 cm³/mol. The second-order valence-electron chi connectivity index (χ2n) is 5.80. The van der Waals surface area contributed by atoms with Gasteiger partial charge in [0.2, 0.25) is 0 Å². The lowest BCUT2D eigenvalue weighted by atomic mass is 10.2. The first-order valence-corrected chi connectivity index (χ1v) is 8.26. The topological polar surface area (TPSA) is 61.1 Å². The van der Waals surface area contributed by atoms with Crippen molar-refractivity contribution in [2.45, 2.75) is 25.4 Å². The normalized spacial score (nSPS) is 16.2. The minimum atomic E-state index is -4.10. The molecule has 0 aliphatic carbocycles. The summed E-state index contributed by atoms with van der Waals surface area (Å²) in [6.07, 6.45) is -2.87. The van der Waals surface area contributed by atoms with Crippen LogP contribution in [0.4, 0.5) is 13.2 Å². The summed E-state index contributed by atoms with van der Waals surface area (Å²) in [7, 11) is 1.64. The highest BCUT2D eigenvalue weighted by molar-refractivity contribution is 5.91. The molecule has 0 radical (unpaired) electrons. The fraction of sp³-hybridized carbons (Fsp3) is 0.625. The third-order valence-electron chi connectivity index (χ3n) is 3.98. The number of carbonyl (C=O) groups is 1. The Morgan fingerprint density at radius 1 is 1.24 bits per heavy atom. The summed E-state index contributed by atoms with van der Waals surface area (Å²) >= 11 is 0. The highest BCUT2D eigenvalue weighted by atomic mass is 19.4. The van der Waals surface area contributed by atoms with Crippen LogP contribution < -0.4 is 5.32 Å². The van der Waals surface area contributed by atoms with Gasteiger partial charge in [0.15, 0.2) is 11.7 Å². The quantitative estimate of drug-likeness (QED) is 0.497. The number of unbranched alkanes of at least 4 members (excludes halogenated alkanes) is 1. The number of guanidine groups is 1. The van der Waals surface area contributed by atoms with Crippen LogP contribution in [-0.2, 0) is 0 Å². The summed E-state index contributed by atoms with van der Waals surface area (Å²) in [5, 5.41) is 3.08. The molecule has 140 valence electrons. The highest BCUT2D eigenvalue weighted by Crippen LogP contribution is 2.21. The van der Waals surface area contributed by atoms with E-state index in [1.165, 1.54) is 6.26 Å². The molecule has 1 aromatic rings. The molecule has 1 fully saturated rings. The van der Waals surface area contributed by atoms with Crippen LogP contribution in [0, 0.1) is 0 Å². The Kier molecular flexibility index (Phi) is 6.72. The summed E-state index contributed by atoms with van der Waals surface area (Å²) in [6.45, 7) is 2.72. The predicted octanol–water partition coefficient (Wildman–Crippen LogP) is 2.35. The molecule has 0 bridgehead atoms. The van der Waals surface area contributed by atoms with Crippen molar-refractivity contribution in [2.24, 2.45) is 4.99 Å². The van der Waals surface area contributed by atoms with E-state index in [-0.39, 0.29) is 12.3 Å². The zero-order chi connectivity index (χ0) is 18.3. The van der Waals surface area contributed by atoms with E-state index in [9.17, 15) is 18.0 Å². The molecular formula is C16H23F3N4O2. The SMILES string of the molecule is CN=C(NCCCCC(F)(F)F)N1CCN(C(=O)c2ccco2)CC1. The molecule has 0 atom stereocenters. The maximum Gasteiger partial charge on any atom is 0.389 e. The van der Waals surface area contributed by atoms with Gasteiger partial charge in [-0.25, -0.2) is 0 Å². The fourth-order valence-corrected chi connectivity index (χ4v) is 2.66. The Hall–Kier alpha value is -2.19. The third kappa shape index (κ3) is 5.99. The minimum Gasteiger partial charge on any atom is -0.459 e. The van der Waals surface area contributed by atoms with E-state index < -0.39 is 12.6 Å². The second-order valence-corrected chi connectivity index (χ2v) is 5.80. The standard InChI is InChI=1S/C16H23F3N4O2/c1-20-15(21-7-3-2-6-16(17,18)19)23-10-8-22(9-11-23)14(24)13-5-4-12-25-13/h4-5,12H,2-3,6-11H2,1H3,(H,20,21). The van der Waals surface area contributed by atoms with Crippen LogP contribution in [0.3, 0.4) is 0 Å². The number of nitrogens with one attached hydrogen (secondary N) is 1. The monoisotopic (exact) mass is 360 g/mol. The van der Waals surface area contributed by atoms with Gasteiger partial charge in [0, 0.05) is 46.2 Å². The molecule has 25 heavy (non-hydrogen) atoms. The molecule has 6 nitrogen and oxygen atoms in total. The smallest absolute Gasteiger partial charge is 0.389 e. The Morgan fingerprint density at radius 2 is 1.92 bits per heavy atom. The van der Waals surface area contributed by atoms with Crippen LogP contribution in [0.25, 0.3) is 0 Å². The fourth-order valence-electron chi connectivity index (χ4n) is 2.66. The van der Waals surface area contributed by atoms with Gasteiger partial charge in [-0.1, -0.05) is 0 Å². The van der Waals surface area contributed by atoms with Crippen LogP contribution in [0.1, 0.15) is 29.8 Å². The summed E-state index contributed by atoms with van der Waals surface area (Å²) in [4.78, 5) is 20.1. The summed E-state index contributed by atoms with van der Waals surface area (Å²) in [5.41, 5.74) is 0. The first-order chi connectivity index (χ1) is 11.9. The molecule has 0 unspecified atom stereocenters. The molecular weight excluding hydrogens is 337 g/mol. The molecule has 2 rings (SSSR count). The van der Waals surface area contributed by atoms with Crippen LogP contribution >= 0.6 is 0 Å². The maximum atomic E-state index is 12.2. The number of piperazine rings is 1. The molecule has 1 aliphatic rings. The number of hydrogen-bond donors (Lipinski definition) is 1. The number of hydrogen-bond acceptors (Lipinski definition) is 3. The average Bonchev–Trinajstić information content (AvgIpc) is 3.11. The lowest BCUT2D eigenvalue weighted by Crippen LogP contribution is -2.53. The first kappa shape index (κ1) is 19.1. The van der Waals surface area contributed by atoms with Crippen molar-refractivity contribution < 1.29 is 22.4 Å². The number of halogens is 3. The van der Waals surface area contributed by atoms with E-state index >= 15 is 0 Å². The van der Waals surface area contributed by atoms with Crippen molar-refractivity contribution in [2.75, 3.05) is 39.8 Å². The third-order valence-corrected chi connectivity index (χ3v) is 3.98. The first-order valence-electron chi connectivity index (χ1n) is 8.26. The van der Waals surface area contributed by atoms with E-state index in [1.807, 2.05) is 4.90 Å². The Balaban J connectivity index is 1.72. The highest BCUT2D eigenvalue weighted by Gasteiger charge is 2.26. The summed E-state index contributed by atoms with van der Waals surface area (Å²) in [6, 6.07) is 3.31. The molecule has 1 aromatic heterocycles. The molecule has 1 saturated heterocycles. The van der Waals surface area contributed by atoms with Crippen molar-refractivity contribution in [1.29, 1.82) is 0 Å². The number of nitrogens with zero attached hydrogens (tertiary/aromatic N) is 3. The molecule has 1 amide bonds. The molecule has 1 aliphatic heterocycles. The van der Waals surface area contributed by atoms with E-state index in [1.54, 1.807) is 24.1 Å². The summed E-state index contributed by atoms with van der Waals surface area (Å²) in [5.74, 6) is 0.831. The van der Waals surface area contributed by atoms with Crippen LogP contribution in [0.2, 0.25) is 0 Å². The van der Waals surface area contributed by atoms with Crippen molar-refractivity contribution in [3.05, 3.63) is 24.2 Å². The number of aliphatic imine (C=N–C) groups is 1. The van der Waals surface area contributed by atoms with Crippen molar-refractivity contribution in [3.63, 3.8) is 0 Å². The van der Waals surface area contributed by atoms with Crippen molar-refractivity contribution in [3.8, 4) is 0 Å². The Labute approximate surface area is 144 Å². The second kappa shape index (κ2) is 8.77. The zero-order valence-electron chi connectivity index (χ0n) is 14.2. The van der Waals surface area contributed by atoms with Gasteiger partial charge in [0.25, 0.3) is 5.91 Å². The van der Waals surface area contributed by atoms with E-state index in [0.29, 0.717) is 50.9 Å². The van der Waals surface area contributed by atoms with Gasteiger partial charge in [-0.15, -0.1) is 0 Å². The number of rotatable bonds is 5. The summed E-state index contributed by atoms with van der Waals surface area (Å²) < 4.78 is 41.5. The molecule has 9 heteroatoms. The number of furan rings is 1. The van der Waals surface area contributed by atoms with Gasteiger partial charge in [0.05, 0.1) is 6.26 Å². The molecule has 1 N–H and O–H groups in total. The number of alkyl halides is 3. The van der Waals surface area contributed by atoms with Gasteiger partial charge >= 0.3 is 6.18 Å². The largest absolute Gasteiger partial charge is 0.459 e. The van der Waals surface area contributed by atoms with Crippen molar-refractivity contribution in [1.82, 2.24) is 15.1 Å². The van der Waals surface area contributed by atoms with Gasteiger partial charge < -0.3 is 19.5 Å². The van der Waals surface area contributed by atoms with Crippen LogP contribution in [0.5, 0.6) is 0 Å². The van der Waals surface area contributed by atoms with Gasteiger partial charge in [-0.3, -0.25) is 9.79 Å². The molecule has 0 aromatic carbocycles. The molecule has 2 heterocycles. The average molecular weight is 360 g/mol. The lowest BCUT2D eigenvalue weighted by molar-refractivity contribution is -0.135. The van der Waals surface area contributed by atoms with Gasteiger partial charge in [-0.2, -0.15) is 13.2 Å². The maximum absolute atomic E-state index is 12.2. The van der Waals surface area contributed by atoms with Crippen molar-refractivity contribution >= 4 is 11.9 Å². The molecule has 0 saturated carbocycles. The lowest BCUT2D eigenvalue weighted by Gasteiger charge is -2.36. The number of amides is 1. The molecule has 0 spiro atoms. The number of carbonyl (C=O) groups excluding carboxylic acids is 1. The van der Waals surface area contributed by atoms with Gasteiger partial charge in [-0.05, 0) is 25.0 Å².